The summed E-state index contributed by atoms with van der Waals surface area (Å²) in [5.74, 6) is 0.704. The second kappa shape index (κ2) is 5.96. The van der Waals surface area contributed by atoms with Gasteiger partial charge in [0.2, 0.25) is 0 Å². The molecule has 134 valence electrons. The number of aryl methyl sites for hydroxylation is 4. The first kappa shape index (κ1) is 16.6. The highest BCUT2D eigenvalue weighted by Gasteiger charge is 2.30. The highest BCUT2D eigenvalue weighted by atomic mass is 14.3. The summed E-state index contributed by atoms with van der Waals surface area (Å²) in [6, 6.07) is 20.7. The SMILES string of the molecule is Cc1cc2c(-c3ccccc3)c(C3CC3)c3cc(C)c(C)cc3c2cc1C. The quantitative estimate of drug-likeness (QED) is 0.324. The third-order valence-corrected chi connectivity index (χ3v) is 6.43. The van der Waals surface area contributed by atoms with Crippen LogP contribution in [0.2, 0.25) is 0 Å². The van der Waals surface area contributed by atoms with E-state index in [2.05, 4.69) is 82.3 Å². The fraction of sp³-hybridized carbons (Fsp3) is 0.259. The molecular weight excluding hydrogens is 324 g/mol. The molecule has 1 fully saturated rings. The summed E-state index contributed by atoms with van der Waals surface area (Å²) >= 11 is 0. The Balaban J connectivity index is 2.06. The minimum atomic E-state index is 0.704. The molecule has 0 bridgehead atoms. The van der Waals surface area contributed by atoms with Crippen molar-refractivity contribution in [3.8, 4) is 11.1 Å². The molecule has 0 spiro atoms. The predicted molar refractivity (Wildman–Crippen MR) is 118 cm³/mol. The van der Waals surface area contributed by atoms with Crippen molar-refractivity contribution in [1.82, 2.24) is 0 Å². The zero-order chi connectivity index (χ0) is 18.7. The summed E-state index contributed by atoms with van der Waals surface area (Å²) in [5, 5.41) is 5.72. The van der Waals surface area contributed by atoms with E-state index >= 15 is 0 Å². The van der Waals surface area contributed by atoms with Crippen molar-refractivity contribution >= 4 is 21.5 Å². The monoisotopic (exact) mass is 350 g/mol. The highest BCUT2D eigenvalue weighted by Crippen LogP contribution is 2.51. The standard InChI is InChI=1S/C27H26/c1-16-12-22-23-13-17(2)19(4)15-25(23)27(21-10-11-21)26(24(22)14-18(16)3)20-8-6-5-7-9-20/h5-9,12-15,21H,10-11H2,1-4H3. The van der Waals surface area contributed by atoms with Gasteiger partial charge in [-0.3, -0.25) is 0 Å². The molecule has 4 aromatic rings. The molecule has 0 heterocycles. The first-order valence-corrected chi connectivity index (χ1v) is 10.1. The first-order valence-electron chi connectivity index (χ1n) is 10.1. The molecule has 0 atom stereocenters. The van der Waals surface area contributed by atoms with Crippen LogP contribution in [-0.4, -0.2) is 0 Å². The van der Waals surface area contributed by atoms with Gasteiger partial charge in [-0.25, -0.2) is 0 Å². The molecule has 0 aromatic heterocycles. The van der Waals surface area contributed by atoms with Crippen molar-refractivity contribution in [2.75, 3.05) is 0 Å². The van der Waals surface area contributed by atoms with Gasteiger partial charge in [0.1, 0.15) is 0 Å². The Morgan fingerprint density at radius 1 is 0.593 bits per heavy atom. The zero-order valence-electron chi connectivity index (χ0n) is 16.7. The molecule has 0 aliphatic heterocycles. The molecule has 27 heavy (non-hydrogen) atoms. The largest absolute Gasteiger partial charge is 0.0622 e. The molecule has 1 aliphatic carbocycles. The van der Waals surface area contributed by atoms with Crippen LogP contribution in [0, 0.1) is 27.7 Å². The van der Waals surface area contributed by atoms with E-state index in [0.717, 1.165) is 0 Å². The minimum Gasteiger partial charge on any atom is -0.0622 e. The summed E-state index contributed by atoms with van der Waals surface area (Å²) in [7, 11) is 0. The fourth-order valence-corrected chi connectivity index (χ4v) is 4.50. The molecular formula is C27H26. The molecule has 1 aliphatic rings. The van der Waals surface area contributed by atoms with Gasteiger partial charge in [0, 0.05) is 0 Å². The predicted octanol–water partition coefficient (Wildman–Crippen LogP) is 7.77. The molecule has 5 rings (SSSR count). The van der Waals surface area contributed by atoms with E-state index < -0.39 is 0 Å². The number of benzene rings is 4. The first-order chi connectivity index (χ1) is 13.0. The van der Waals surface area contributed by atoms with Crippen molar-refractivity contribution in [3.63, 3.8) is 0 Å². The zero-order valence-corrected chi connectivity index (χ0v) is 16.7. The van der Waals surface area contributed by atoms with Crippen LogP contribution in [0.3, 0.4) is 0 Å². The van der Waals surface area contributed by atoms with Crippen molar-refractivity contribution in [2.45, 2.75) is 46.5 Å². The smallest absolute Gasteiger partial charge is 0.00640 e. The second-order valence-corrected chi connectivity index (χ2v) is 8.39. The van der Waals surface area contributed by atoms with Crippen molar-refractivity contribution in [1.29, 1.82) is 0 Å². The maximum atomic E-state index is 2.44. The Kier molecular flexibility index (Phi) is 3.65. The van der Waals surface area contributed by atoms with Crippen LogP contribution in [0.5, 0.6) is 0 Å². The number of rotatable bonds is 2. The van der Waals surface area contributed by atoms with Gasteiger partial charge in [-0.05, 0) is 107 Å². The molecule has 0 heteroatoms. The molecule has 0 unspecified atom stereocenters. The molecule has 0 saturated heterocycles. The fourth-order valence-electron chi connectivity index (χ4n) is 4.50. The van der Waals surface area contributed by atoms with E-state index in [-0.39, 0.29) is 0 Å². The lowest BCUT2D eigenvalue weighted by Gasteiger charge is -2.20. The van der Waals surface area contributed by atoms with Gasteiger partial charge in [-0.2, -0.15) is 0 Å². The van der Waals surface area contributed by atoms with Crippen LogP contribution in [0.15, 0.2) is 54.6 Å². The average Bonchev–Trinajstić information content (AvgIpc) is 3.49. The normalized spacial score (nSPS) is 14.2. The second-order valence-electron chi connectivity index (χ2n) is 8.39. The molecule has 0 radical (unpaired) electrons. The molecule has 4 aromatic carbocycles. The van der Waals surface area contributed by atoms with E-state index in [1.165, 1.54) is 67.8 Å². The maximum absolute atomic E-state index is 2.44. The van der Waals surface area contributed by atoms with Crippen molar-refractivity contribution < 1.29 is 0 Å². The Morgan fingerprint density at radius 3 is 1.63 bits per heavy atom. The third kappa shape index (κ3) is 2.58. The average molecular weight is 351 g/mol. The Hall–Kier alpha value is -2.60. The van der Waals surface area contributed by atoms with Crippen molar-refractivity contribution in [3.05, 3.63) is 82.4 Å². The Bertz CT molecular complexity index is 1190. The molecule has 1 saturated carbocycles. The third-order valence-electron chi connectivity index (χ3n) is 6.43. The molecule has 0 N–H and O–H groups in total. The van der Waals surface area contributed by atoms with E-state index in [1.54, 1.807) is 5.56 Å². The summed E-state index contributed by atoms with van der Waals surface area (Å²) < 4.78 is 0. The van der Waals surface area contributed by atoms with Gasteiger partial charge >= 0.3 is 0 Å². The van der Waals surface area contributed by atoms with Gasteiger partial charge in [-0.1, -0.05) is 54.6 Å². The number of fused-ring (bicyclic) bond motifs is 3. The molecule has 0 nitrogen and oxygen atoms in total. The number of hydrogen-bond acceptors (Lipinski definition) is 0. The van der Waals surface area contributed by atoms with Crippen LogP contribution in [-0.2, 0) is 0 Å². The highest BCUT2D eigenvalue weighted by molar-refractivity contribution is 6.17. The summed E-state index contributed by atoms with van der Waals surface area (Å²) in [5.41, 5.74) is 9.93. The Morgan fingerprint density at radius 2 is 1.07 bits per heavy atom. The van der Waals surface area contributed by atoms with Gasteiger partial charge < -0.3 is 0 Å². The van der Waals surface area contributed by atoms with Crippen LogP contribution < -0.4 is 0 Å². The lowest BCUT2D eigenvalue weighted by Crippen LogP contribution is -1.96. The van der Waals surface area contributed by atoms with Gasteiger partial charge in [-0.15, -0.1) is 0 Å². The lowest BCUT2D eigenvalue weighted by molar-refractivity contribution is 1.16. The van der Waals surface area contributed by atoms with E-state index in [4.69, 9.17) is 0 Å². The maximum Gasteiger partial charge on any atom is -0.00640 e. The van der Waals surface area contributed by atoms with Crippen LogP contribution in [0.1, 0.15) is 46.6 Å². The van der Waals surface area contributed by atoms with E-state index in [9.17, 15) is 0 Å². The minimum absolute atomic E-state index is 0.704. The van der Waals surface area contributed by atoms with Crippen LogP contribution in [0.4, 0.5) is 0 Å². The number of hydrogen-bond donors (Lipinski definition) is 0. The van der Waals surface area contributed by atoms with E-state index in [1.807, 2.05) is 0 Å². The van der Waals surface area contributed by atoms with Gasteiger partial charge in [0.15, 0.2) is 0 Å². The Labute approximate surface area is 161 Å². The molecule has 0 amide bonds. The van der Waals surface area contributed by atoms with Gasteiger partial charge in [0.25, 0.3) is 0 Å². The summed E-state index contributed by atoms with van der Waals surface area (Å²) in [4.78, 5) is 0. The topological polar surface area (TPSA) is 0 Å². The van der Waals surface area contributed by atoms with Crippen molar-refractivity contribution in [2.24, 2.45) is 0 Å². The van der Waals surface area contributed by atoms with E-state index in [0.29, 0.717) is 5.92 Å². The lowest BCUT2D eigenvalue weighted by atomic mass is 9.83. The summed E-state index contributed by atoms with van der Waals surface area (Å²) in [6.45, 7) is 8.96. The van der Waals surface area contributed by atoms with Crippen LogP contribution in [0.25, 0.3) is 32.7 Å². The summed E-state index contributed by atoms with van der Waals surface area (Å²) in [6.07, 6.45) is 2.64. The van der Waals surface area contributed by atoms with Gasteiger partial charge in [0.05, 0.1) is 0 Å². The van der Waals surface area contributed by atoms with Crippen LogP contribution >= 0.6 is 0 Å².